The lowest BCUT2D eigenvalue weighted by Crippen LogP contribution is -2.19. The standard InChI is InChI=1S/C14H12BrN3S/c1-16-14(9-7-19-8-10(9)15)13-6-17-11-4-2-3-5-12(11)18-13/h2-8,14,16H,1H3. The topological polar surface area (TPSA) is 37.8 Å². The molecule has 0 saturated carbocycles. The maximum Gasteiger partial charge on any atom is 0.0890 e. The van der Waals surface area contributed by atoms with Crippen molar-refractivity contribution >= 4 is 38.3 Å². The molecule has 2 aromatic heterocycles. The minimum atomic E-state index is 0.0535. The SMILES string of the molecule is CNC(c1cnc2ccccc2n1)c1cscc1Br. The van der Waals surface area contributed by atoms with Crippen molar-refractivity contribution in [3.05, 3.63) is 57.0 Å². The zero-order valence-electron chi connectivity index (χ0n) is 10.3. The average Bonchev–Trinajstić information content (AvgIpc) is 2.86. The predicted octanol–water partition coefficient (Wildman–Crippen LogP) is 3.76. The van der Waals surface area contributed by atoms with Gasteiger partial charge in [-0.15, -0.1) is 0 Å². The molecule has 96 valence electrons. The summed E-state index contributed by atoms with van der Waals surface area (Å²) in [5.74, 6) is 0. The molecule has 0 aliphatic heterocycles. The summed E-state index contributed by atoms with van der Waals surface area (Å²) in [4.78, 5) is 9.18. The first kappa shape index (κ1) is 12.7. The van der Waals surface area contributed by atoms with Crippen LogP contribution in [0.15, 0.2) is 45.7 Å². The summed E-state index contributed by atoms with van der Waals surface area (Å²) >= 11 is 5.25. The van der Waals surface area contributed by atoms with Crippen molar-refractivity contribution in [3.8, 4) is 0 Å². The summed E-state index contributed by atoms with van der Waals surface area (Å²) in [7, 11) is 1.94. The molecule has 1 atom stereocenters. The lowest BCUT2D eigenvalue weighted by Gasteiger charge is -2.15. The Labute approximate surface area is 123 Å². The lowest BCUT2D eigenvalue weighted by atomic mass is 10.1. The van der Waals surface area contributed by atoms with Crippen LogP contribution in [0.3, 0.4) is 0 Å². The van der Waals surface area contributed by atoms with E-state index in [1.54, 1.807) is 11.3 Å². The van der Waals surface area contributed by atoms with Crippen molar-refractivity contribution in [3.63, 3.8) is 0 Å². The van der Waals surface area contributed by atoms with Gasteiger partial charge >= 0.3 is 0 Å². The Morgan fingerprint density at radius 3 is 2.68 bits per heavy atom. The van der Waals surface area contributed by atoms with Gasteiger partial charge in [0.05, 0.1) is 29.0 Å². The van der Waals surface area contributed by atoms with Crippen LogP contribution in [0.4, 0.5) is 0 Å². The first-order chi connectivity index (χ1) is 9.29. The zero-order chi connectivity index (χ0) is 13.2. The third kappa shape index (κ3) is 2.41. The molecule has 3 nitrogen and oxygen atoms in total. The largest absolute Gasteiger partial charge is 0.308 e. The smallest absolute Gasteiger partial charge is 0.0890 e. The number of thiophene rings is 1. The minimum Gasteiger partial charge on any atom is -0.308 e. The van der Waals surface area contributed by atoms with Crippen LogP contribution < -0.4 is 5.32 Å². The number of rotatable bonds is 3. The highest BCUT2D eigenvalue weighted by Gasteiger charge is 2.17. The van der Waals surface area contributed by atoms with E-state index in [0.717, 1.165) is 21.2 Å². The number of fused-ring (bicyclic) bond motifs is 1. The van der Waals surface area contributed by atoms with Crippen LogP contribution in [0.1, 0.15) is 17.3 Å². The Bertz CT molecular complexity index is 710. The van der Waals surface area contributed by atoms with E-state index in [1.165, 1.54) is 5.56 Å². The average molecular weight is 334 g/mol. The van der Waals surface area contributed by atoms with E-state index in [1.807, 2.05) is 37.5 Å². The van der Waals surface area contributed by atoms with Crippen LogP contribution in [0.2, 0.25) is 0 Å². The quantitative estimate of drug-likeness (QED) is 0.792. The maximum absolute atomic E-state index is 4.70. The summed E-state index contributed by atoms with van der Waals surface area (Å²) < 4.78 is 1.10. The van der Waals surface area contributed by atoms with Gasteiger partial charge in [-0.25, -0.2) is 4.98 Å². The van der Waals surface area contributed by atoms with Crippen molar-refractivity contribution in [2.45, 2.75) is 6.04 Å². The number of nitrogens with zero attached hydrogens (tertiary/aromatic N) is 2. The first-order valence-electron chi connectivity index (χ1n) is 5.90. The molecule has 3 aromatic rings. The normalized spacial score (nSPS) is 12.7. The molecule has 19 heavy (non-hydrogen) atoms. The Hall–Kier alpha value is -1.30. The molecule has 0 amide bonds. The van der Waals surface area contributed by atoms with Crippen molar-refractivity contribution in [2.75, 3.05) is 7.05 Å². The maximum atomic E-state index is 4.70. The Morgan fingerprint density at radius 2 is 2.00 bits per heavy atom. The summed E-state index contributed by atoms with van der Waals surface area (Å²) in [5, 5.41) is 7.51. The fourth-order valence-corrected chi connectivity index (χ4v) is 3.62. The third-order valence-corrected chi connectivity index (χ3v) is 4.76. The van der Waals surface area contributed by atoms with E-state index in [0.29, 0.717) is 0 Å². The van der Waals surface area contributed by atoms with Gasteiger partial charge < -0.3 is 5.32 Å². The Morgan fingerprint density at radius 1 is 1.21 bits per heavy atom. The highest BCUT2D eigenvalue weighted by Crippen LogP contribution is 2.30. The van der Waals surface area contributed by atoms with Gasteiger partial charge in [0, 0.05) is 15.4 Å². The predicted molar refractivity (Wildman–Crippen MR) is 82.5 cm³/mol. The van der Waals surface area contributed by atoms with Gasteiger partial charge in [-0.05, 0) is 40.5 Å². The molecule has 1 N–H and O–H groups in total. The van der Waals surface area contributed by atoms with Gasteiger partial charge in [-0.3, -0.25) is 4.98 Å². The van der Waals surface area contributed by atoms with Crippen LogP contribution in [0.5, 0.6) is 0 Å². The van der Waals surface area contributed by atoms with Gasteiger partial charge in [0.2, 0.25) is 0 Å². The fourth-order valence-electron chi connectivity index (χ4n) is 2.07. The highest BCUT2D eigenvalue weighted by atomic mass is 79.9. The molecule has 5 heteroatoms. The van der Waals surface area contributed by atoms with Crippen LogP contribution in [0.25, 0.3) is 11.0 Å². The molecule has 0 bridgehead atoms. The Balaban J connectivity index is 2.09. The van der Waals surface area contributed by atoms with E-state index in [4.69, 9.17) is 4.98 Å². The first-order valence-corrected chi connectivity index (χ1v) is 7.63. The van der Waals surface area contributed by atoms with Crippen LogP contribution in [0, 0.1) is 0 Å². The molecule has 0 saturated heterocycles. The second-order valence-corrected chi connectivity index (χ2v) is 5.78. The van der Waals surface area contributed by atoms with Crippen LogP contribution in [-0.2, 0) is 0 Å². The van der Waals surface area contributed by atoms with E-state index < -0.39 is 0 Å². The van der Waals surface area contributed by atoms with E-state index >= 15 is 0 Å². The summed E-state index contributed by atoms with van der Waals surface area (Å²) in [6.07, 6.45) is 1.84. The van der Waals surface area contributed by atoms with Gasteiger partial charge in [0.25, 0.3) is 0 Å². The number of halogens is 1. The number of hydrogen-bond donors (Lipinski definition) is 1. The molecule has 0 aliphatic carbocycles. The third-order valence-electron chi connectivity index (χ3n) is 3.00. The zero-order valence-corrected chi connectivity index (χ0v) is 12.7. The van der Waals surface area contributed by atoms with Gasteiger partial charge in [-0.1, -0.05) is 12.1 Å². The number of hydrogen-bond acceptors (Lipinski definition) is 4. The molecule has 1 aromatic carbocycles. The molecule has 0 fully saturated rings. The van der Waals surface area contributed by atoms with Crippen molar-refractivity contribution in [1.82, 2.24) is 15.3 Å². The summed E-state index contributed by atoms with van der Waals surface area (Å²) in [5.41, 5.74) is 3.97. The second-order valence-electron chi connectivity index (χ2n) is 4.18. The molecule has 0 aliphatic rings. The van der Waals surface area contributed by atoms with Crippen LogP contribution in [-0.4, -0.2) is 17.0 Å². The molecule has 2 heterocycles. The fraction of sp³-hybridized carbons (Fsp3) is 0.143. The molecule has 0 spiro atoms. The lowest BCUT2D eigenvalue weighted by molar-refractivity contribution is 0.670. The van der Waals surface area contributed by atoms with Crippen molar-refractivity contribution in [2.24, 2.45) is 0 Å². The monoisotopic (exact) mass is 333 g/mol. The van der Waals surface area contributed by atoms with Crippen molar-refractivity contribution in [1.29, 1.82) is 0 Å². The van der Waals surface area contributed by atoms with Gasteiger partial charge in [0.15, 0.2) is 0 Å². The van der Waals surface area contributed by atoms with Gasteiger partial charge in [-0.2, -0.15) is 11.3 Å². The molecular formula is C14H12BrN3S. The van der Waals surface area contributed by atoms with E-state index in [2.05, 4.69) is 37.0 Å². The highest BCUT2D eigenvalue weighted by molar-refractivity contribution is 9.10. The number of para-hydroxylation sites is 2. The Kier molecular flexibility index (Phi) is 3.59. The number of aromatic nitrogens is 2. The second kappa shape index (κ2) is 5.36. The van der Waals surface area contributed by atoms with E-state index in [9.17, 15) is 0 Å². The van der Waals surface area contributed by atoms with Crippen LogP contribution >= 0.6 is 27.3 Å². The van der Waals surface area contributed by atoms with Crippen molar-refractivity contribution < 1.29 is 0 Å². The number of benzene rings is 1. The summed E-state index contributed by atoms with van der Waals surface area (Å²) in [6.45, 7) is 0. The molecule has 0 radical (unpaired) electrons. The molecule has 3 rings (SSSR count). The van der Waals surface area contributed by atoms with E-state index in [-0.39, 0.29) is 6.04 Å². The molecular weight excluding hydrogens is 322 g/mol. The molecule has 1 unspecified atom stereocenters. The number of nitrogens with one attached hydrogen (secondary N) is 1. The minimum absolute atomic E-state index is 0.0535. The van der Waals surface area contributed by atoms with Gasteiger partial charge in [0.1, 0.15) is 0 Å². The summed E-state index contributed by atoms with van der Waals surface area (Å²) in [6, 6.07) is 7.97.